The van der Waals surface area contributed by atoms with Gasteiger partial charge in [0.05, 0.1) is 12.7 Å². The molecule has 0 radical (unpaired) electrons. The lowest BCUT2D eigenvalue weighted by molar-refractivity contribution is -0.344. The molecule has 2 aliphatic heterocycles. The minimum Gasteiger partial charge on any atom is -0.394 e. The van der Waals surface area contributed by atoms with Gasteiger partial charge in [-0.3, -0.25) is 4.79 Å². The van der Waals surface area contributed by atoms with Crippen LogP contribution >= 0.6 is 0 Å². The predicted molar refractivity (Wildman–Crippen MR) is 78.8 cm³/mol. The number of ether oxygens (including phenoxy) is 3. The van der Waals surface area contributed by atoms with Crippen molar-refractivity contribution in [1.82, 2.24) is 5.32 Å². The maximum absolute atomic E-state index is 11.3. The Morgan fingerprint density at radius 3 is 2.24 bits per heavy atom. The Morgan fingerprint density at radius 1 is 1.04 bits per heavy atom. The van der Waals surface area contributed by atoms with Crippen molar-refractivity contribution >= 4 is 5.91 Å². The fourth-order valence-electron chi connectivity index (χ4n) is 2.91. The summed E-state index contributed by atoms with van der Waals surface area (Å²) in [7, 11) is 0. The molecule has 7 N–H and O–H groups in total. The quantitative estimate of drug-likeness (QED) is 0.257. The van der Waals surface area contributed by atoms with Gasteiger partial charge in [-0.05, 0) is 6.92 Å². The average molecular weight is 367 g/mol. The highest BCUT2D eigenvalue weighted by molar-refractivity contribution is 5.73. The predicted octanol–water partition coefficient (Wildman–Crippen LogP) is -4.23. The first kappa shape index (κ1) is 20.4. The van der Waals surface area contributed by atoms with Crippen molar-refractivity contribution in [1.29, 1.82) is 0 Å². The summed E-state index contributed by atoms with van der Waals surface area (Å²) in [6.45, 7) is 1.98. The minimum absolute atomic E-state index is 0.550. The van der Waals surface area contributed by atoms with E-state index in [1.165, 1.54) is 13.8 Å². The maximum atomic E-state index is 11.3. The molecule has 0 spiro atoms. The standard InChI is InChI=1S/C14H25NO10/c1-4-8(18)11(21)12(13(22)23-4)25-14-7(15-5(2)17)10(20)9(19)6(3-16)24-14/h4,6-14,16,18-22H,3H2,1-2H3,(H,15,17)/t4-,6+,7+,8+,9-,10+,11+,12-,13+,14-/m0/s1. The van der Waals surface area contributed by atoms with Crippen LogP contribution in [0.25, 0.3) is 0 Å². The molecule has 25 heavy (non-hydrogen) atoms. The lowest BCUT2D eigenvalue weighted by Crippen LogP contribution is -2.67. The maximum Gasteiger partial charge on any atom is 0.217 e. The molecule has 0 aliphatic carbocycles. The van der Waals surface area contributed by atoms with Crippen molar-refractivity contribution in [3.63, 3.8) is 0 Å². The summed E-state index contributed by atoms with van der Waals surface area (Å²) in [6.07, 6.45) is -12.5. The molecule has 0 bridgehead atoms. The van der Waals surface area contributed by atoms with Crippen LogP contribution in [0.3, 0.4) is 0 Å². The SMILES string of the molecule is CC(=O)N[C@H]1[C@H](O[C@H]2[C@H](O)[C@H](O)[C@H](C)O[C@H]2O)O[C@H](CO)[C@H](O)[C@@H]1O. The Kier molecular flexibility index (Phi) is 6.70. The fraction of sp³-hybridized carbons (Fsp3) is 0.929. The molecule has 11 nitrogen and oxygen atoms in total. The number of hydrogen-bond acceptors (Lipinski definition) is 10. The Balaban J connectivity index is 2.19. The molecule has 2 saturated heterocycles. The second-order valence-electron chi connectivity index (χ2n) is 6.25. The summed E-state index contributed by atoms with van der Waals surface area (Å²) >= 11 is 0. The van der Waals surface area contributed by atoms with Crippen LogP contribution in [0.2, 0.25) is 0 Å². The molecule has 1 amide bonds. The summed E-state index contributed by atoms with van der Waals surface area (Å²) in [5.41, 5.74) is 0. The Labute approximate surface area is 143 Å². The van der Waals surface area contributed by atoms with Gasteiger partial charge in [0.15, 0.2) is 12.6 Å². The Hall–Kier alpha value is -0.890. The molecule has 0 aromatic rings. The average Bonchev–Trinajstić information content (AvgIpc) is 2.55. The van der Waals surface area contributed by atoms with Crippen LogP contribution in [0.15, 0.2) is 0 Å². The van der Waals surface area contributed by atoms with Crippen molar-refractivity contribution in [2.75, 3.05) is 6.61 Å². The first-order valence-corrected chi connectivity index (χ1v) is 7.92. The van der Waals surface area contributed by atoms with Crippen LogP contribution in [-0.2, 0) is 19.0 Å². The van der Waals surface area contributed by atoms with E-state index in [1.807, 2.05) is 0 Å². The van der Waals surface area contributed by atoms with E-state index in [-0.39, 0.29) is 0 Å². The first-order chi connectivity index (χ1) is 11.7. The van der Waals surface area contributed by atoms with Gasteiger partial charge in [-0.15, -0.1) is 0 Å². The lowest BCUT2D eigenvalue weighted by atomic mass is 9.96. The van der Waals surface area contributed by atoms with Gasteiger partial charge in [-0.2, -0.15) is 0 Å². The van der Waals surface area contributed by atoms with Gasteiger partial charge in [-0.1, -0.05) is 0 Å². The topological polar surface area (TPSA) is 178 Å². The third-order valence-corrected chi connectivity index (χ3v) is 4.34. The second-order valence-corrected chi connectivity index (χ2v) is 6.25. The van der Waals surface area contributed by atoms with E-state index in [9.17, 15) is 35.4 Å². The highest BCUT2D eigenvalue weighted by atomic mass is 16.7. The molecular weight excluding hydrogens is 342 g/mol. The van der Waals surface area contributed by atoms with Crippen LogP contribution in [0.4, 0.5) is 0 Å². The third-order valence-electron chi connectivity index (χ3n) is 4.34. The normalized spacial score (nSPS) is 48.2. The molecule has 146 valence electrons. The van der Waals surface area contributed by atoms with E-state index < -0.39 is 73.9 Å². The number of carbonyl (C=O) groups excluding carboxylic acids is 1. The summed E-state index contributed by atoms with van der Waals surface area (Å²) in [4.78, 5) is 11.3. The number of aliphatic hydroxyl groups excluding tert-OH is 6. The van der Waals surface area contributed by atoms with Crippen LogP contribution in [0.5, 0.6) is 0 Å². The van der Waals surface area contributed by atoms with Crippen LogP contribution in [0.1, 0.15) is 13.8 Å². The number of rotatable bonds is 4. The molecule has 0 aromatic carbocycles. The number of amides is 1. The Bertz CT molecular complexity index is 465. The molecule has 0 saturated carbocycles. The molecule has 10 atom stereocenters. The molecule has 0 aromatic heterocycles. The van der Waals surface area contributed by atoms with Gasteiger partial charge in [0.25, 0.3) is 0 Å². The molecule has 2 rings (SSSR count). The van der Waals surface area contributed by atoms with Crippen LogP contribution < -0.4 is 5.32 Å². The number of nitrogens with one attached hydrogen (secondary N) is 1. The van der Waals surface area contributed by atoms with Crippen molar-refractivity contribution in [2.24, 2.45) is 0 Å². The summed E-state index contributed by atoms with van der Waals surface area (Å²) in [5.74, 6) is -0.550. The molecule has 0 unspecified atom stereocenters. The van der Waals surface area contributed by atoms with E-state index >= 15 is 0 Å². The summed E-state index contributed by atoms with van der Waals surface area (Å²) < 4.78 is 15.8. The molecular formula is C14H25NO10. The summed E-state index contributed by atoms with van der Waals surface area (Å²) in [6, 6.07) is -1.24. The molecule has 11 heteroatoms. The molecule has 2 aliphatic rings. The van der Waals surface area contributed by atoms with Crippen LogP contribution in [-0.4, -0.2) is 105 Å². The fourth-order valence-corrected chi connectivity index (χ4v) is 2.91. The van der Waals surface area contributed by atoms with Gasteiger partial charge < -0.3 is 50.2 Å². The van der Waals surface area contributed by atoms with Crippen molar-refractivity contribution in [3.05, 3.63) is 0 Å². The van der Waals surface area contributed by atoms with Gasteiger partial charge in [0.2, 0.25) is 5.91 Å². The second kappa shape index (κ2) is 8.20. The minimum atomic E-state index is -1.61. The largest absolute Gasteiger partial charge is 0.394 e. The van der Waals surface area contributed by atoms with Crippen molar-refractivity contribution < 1.29 is 49.6 Å². The highest BCUT2D eigenvalue weighted by Gasteiger charge is 2.50. The third kappa shape index (κ3) is 4.27. The summed E-state index contributed by atoms with van der Waals surface area (Å²) in [5, 5.41) is 61.6. The van der Waals surface area contributed by atoms with Gasteiger partial charge in [-0.25, -0.2) is 0 Å². The number of aliphatic hydroxyl groups is 6. The zero-order valence-electron chi connectivity index (χ0n) is 13.8. The van der Waals surface area contributed by atoms with E-state index in [0.29, 0.717) is 0 Å². The lowest BCUT2D eigenvalue weighted by Gasteiger charge is -2.46. The molecule has 2 fully saturated rings. The van der Waals surface area contributed by atoms with Gasteiger partial charge in [0, 0.05) is 6.92 Å². The van der Waals surface area contributed by atoms with Gasteiger partial charge in [0.1, 0.15) is 42.7 Å². The Morgan fingerprint density at radius 2 is 1.68 bits per heavy atom. The zero-order valence-corrected chi connectivity index (χ0v) is 13.8. The smallest absolute Gasteiger partial charge is 0.217 e. The van der Waals surface area contributed by atoms with E-state index in [2.05, 4.69) is 5.32 Å². The molecule has 2 heterocycles. The van der Waals surface area contributed by atoms with E-state index in [0.717, 1.165) is 0 Å². The zero-order chi connectivity index (χ0) is 18.9. The highest BCUT2D eigenvalue weighted by Crippen LogP contribution is 2.28. The van der Waals surface area contributed by atoms with E-state index in [1.54, 1.807) is 0 Å². The van der Waals surface area contributed by atoms with Crippen molar-refractivity contribution in [3.8, 4) is 0 Å². The number of hydrogen-bond donors (Lipinski definition) is 7. The van der Waals surface area contributed by atoms with Crippen LogP contribution in [0, 0.1) is 0 Å². The van der Waals surface area contributed by atoms with Gasteiger partial charge >= 0.3 is 0 Å². The van der Waals surface area contributed by atoms with E-state index in [4.69, 9.17) is 14.2 Å². The van der Waals surface area contributed by atoms with Crippen molar-refractivity contribution in [2.45, 2.75) is 75.2 Å². The first-order valence-electron chi connectivity index (χ1n) is 7.92. The monoisotopic (exact) mass is 367 g/mol. The number of carbonyl (C=O) groups is 1.